The van der Waals surface area contributed by atoms with E-state index in [2.05, 4.69) is 27.7 Å². The van der Waals surface area contributed by atoms with Crippen molar-refractivity contribution in [3.63, 3.8) is 0 Å². The number of rotatable bonds is 9. The third-order valence-corrected chi connectivity index (χ3v) is 4.16. The Labute approximate surface area is 157 Å². The lowest BCUT2D eigenvalue weighted by Gasteiger charge is -2.26. The van der Waals surface area contributed by atoms with Gasteiger partial charge in [0.05, 0.1) is 20.8 Å². The molecule has 1 aromatic carbocycles. The van der Waals surface area contributed by atoms with E-state index in [0.717, 1.165) is 6.42 Å². The van der Waals surface area contributed by atoms with Crippen molar-refractivity contribution >= 4 is 11.8 Å². The van der Waals surface area contributed by atoms with Gasteiger partial charge in [0.1, 0.15) is 23.0 Å². The van der Waals surface area contributed by atoms with E-state index in [-0.39, 0.29) is 23.7 Å². The normalized spacial score (nSPS) is 13.7. The second kappa shape index (κ2) is 9.60. The molecule has 0 saturated carbocycles. The first-order valence-corrected chi connectivity index (χ1v) is 9.06. The van der Waals surface area contributed by atoms with Gasteiger partial charge in [-0.2, -0.15) is 0 Å². The van der Waals surface area contributed by atoms with Crippen LogP contribution >= 0.6 is 0 Å². The molecular formula is C21H32O5. The minimum absolute atomic E-state index is 0.115. The predicted octanol–water partition coefficient (Wildman–Crippen LogP) is 4.53. The molecule has 0 bridgehead atoms. The van der Waals surface area contributed by atoms with Crippen LogP contribution in [0.25, 0.3) is 0 Å². The maximum Gasteiger partial charge on any atom is 0.316 e. The third kappa shape index (κ3) is 6.04. The Bertz CT molecular complexity index is 593. The minimum atomic E-state index is -0.877. The topological polar surface area (TPSA) is 61.8 Å². The highest BCUT2D eigenvalue weighted by Gasteiger charge is 2.34. The lowest BCUT2D eigenvalue weighted by atomic mass is 9.80. The standard InChI is InChI=1S/C21H32O5/c1-8-26-20(23)15(12-14(2)13-21(3,4)5)19(22)18-16(24-6)10-9-11-17(18)25-7/h9-11,14-15H,8,12-13H2,1-7H3. The Kier molecular flexibility index (Phi) is 8.12. The Balaban J connectivity index is 3.23. The van der Waals surface area contributed by atoms with Crippen molar-refractivity contribution in [3.8, 4) is 11.5 Å². The molecule has 2 unspecified atom stereocenters. The van der Waals surface area contributed by atoms with Crippen LogP contribution in [-0.4, -0.2) is 32.6 Å². The number of benzene rings is 1. The van der Waals surface area contributed by atoms with Gasteiger partial charge in [0.25, 0.3) is 0 Å². The maximum absolute atomic E-state index is 13.3. The molecule has 0 N–H and O–H groups in total. The quantitative estimate of drug-likeness (QED) is 0.366. The molecular weight excluding hydrogens is 332 g/mol. The first-order chi connectivity index (χ1) is 12.1. The van der Waals surface area contributed by atoms with Crippen LogP contribution in [-0.2, 0) is 9.53 Å². The summed E-state index contributed by atoms with van der Waals surface area (Å²) in [5.41, 5.74) is 0.405. The zero-order valence-corrected chi connectivity index (χ0v) is 17.0. The summed E-state index contributed by atoms with van der Waals surface area (Å²) in [5, 5.41) is 0. The number of ketones is 1. The van der Waals surface area contributed by atoms with Crippen molar-refractivity contribution in [2.75, 3.05) is 20.8 Å². The lowest BCUT2D eigenvalue weighted by Crippen LogP contribution is -2.29. The third-order valence-electron chi connectivity index (χ3n) is 4.16. The van der Waals surface area contributed by atoms with Crippen LogP contribution in [0.5, 0.6) is 11.5 Å². The number of ether oxygens (including phenoxy) is 3. The summed E-state index contributed by atoms with van der Waals surface area (Å²) in [4.78, 5) is 25.8. The SMILES string of the molecule is CCOC(=O)C(CC(C)CC(C)(C)C)C(=O)c1c(OC)cccc1OC. The van der Waals surface area contributed by atoms with Gasteiger partial charge in [-0.1, -0.05) is 33.8 Å². The van der Waals surface area contributed by atoms with Crippen LogP contribution in [0.2, 0.25) is 0 Å². The van der Waals surface area contributed by atoms with Crippen LogP contribution in [0.4, 0.5) is 0 Å². The molecule has 1 aromatic rings. The molecule has 0 saturated heterocycles. The molecule has 0 amide bonds. The number of carbonyl (C=O) groups is 2. The molecule has 5 nitrogen and oxygen atoms in total. The fourth-order valence-electron chi connectivity index (χ4n) is 3.35. The molecule has 26 heavy (non-hydrogen) atoms. The molecule has 0 radical (unpaired) electrons. The summed E-state index contributed by atoms with van der Waals surface area (Å²) >= 11 is 0. The number of hydrogen-bond donors (Lipinski definition) is 0. The van der Waals surface area contributed by atoms with Gasteiger partial charge < -0.3 is 14.2 Å². The van der Waals surface area contributed by atoms with Crippen molar-refractivity contribution < 1.29 is 23.8 Å². The molecule has 5 heteroatoms. The Hall–Kier alpha value is -2.04. The zero-order chi connectivity index (χ0) is 19.9. The van der Waals surface area contributed by atoms with Crippen LogP contribution in [0.15, 0.2) is 18.2 Å². The highest BCUT2D eigenvalue weighted by atomic mass is 16.5. The molecule has 0 aliphatic heterocycles. The van der Waals surface area contributed by atoms with Crippen molar-refractivity contribution in [2.45, 2.75) is 47.5 Å². The molecule has 0 heterocycles. The first-order valence-electron chi connectivity index (χ1n) is 9.06. The number of esters is 1. The van der Waals surface area contributed by atoms with Crippen LogP contribution < -0.4 is 9.47 Å². The summed E-state index contributed by atoms with van der Waals surface area (Å²) in [6.07, 6.45) is 1.33. The van der Waals surface area contributed by atoms with Crippen LogP contribution in [0, 0.1) is 17.3 Å². The first kappa shape index (κ1) is 22.0. The fourth-order valence-corrected chi connectivity index (χ4v) is 3.35. The molecule has 146 valence electrons. The molecule has 0 fully saturated rings. The van der Waals surface area contributed by atoms with Crippen molar-refractivity contribution in [2.24, 2.45) is 17.3 Å². The largest absolute Gasteiger partial charge is 0.496 e. The maximum atomic E-state index is 13.3. The van der Waals surface area contributed by atoms with E-state index in [1.54, 1.807) is 25.1 Å². The van der Waals surface area contributed by atoms with E-state index in [4.69, 9.17) is 14.2 Å². The molecule has 1 rings (SSSR count). The van der Waals surface area contributed by atoms with Gasteiger partial charge in [-0.25, -0.2) is 0 Å². The van der Waals surface area contributed by atoms with E-state index >= 15 is 0 Å². The number of hydrogen-bond acceptors (Lipinski definition) is 5. The van der Waals surface area contributed by atoms with Gasteiger partial charge in [0, 0.05) is 0 Å². The highest BCUT2D eigenvalue weighted by molar-refractivity contribution is 6.11. The second-order valence-electron chi connectivity index (χ2n) is 7.81. The summed E-state index contributed by atoms with van der Waals surface area (Å²) in [7, 11) is 2.99. The summed E-state index contributed by atoms with van der Waals surface area (Å²) in [5.74, 6) is -0.712. The number of carbonyl (C=O) groups excluding carboxylic acids is 2. The molecule has 0 spiro atoms. The van der Waals surface area contributed by atoms with Gasteiger partial charge in [-0.05, 0) is 43.2 Å². The molecule has 0 aliphatic rings. The average Bonchev–Trinajstić information content (AvgIpc) is 2.56. The van der Waals surface area contributed by atoms with E-state index < -0.39 is 11.9 Å². The lowest BCUT2D eigenvalue weighted by molar-refractivity contribution is -0.146. The average molecular weight is 364 g/mol. The molecule has 0 aromatic heterocycles. The highest BCUT2D eigenvalue weighted by Crippen LogP contribution is 2.34. The van der Waals surface area contributed by atoms with E-state index in [0.29, 0.717) is 23.5 Å². The number of methoxy groups -OCH3 is 2. The van der Waals surface area contributed by atoms with E-state index in [1.807, 2.05) is 0 Å². The van der Waals surface area contributed by atoms with E-state index in [9.17, 15) is 9.59 Å². The Morgan fingerprint density at radius 2 is 1.62 bits per heavy atom. The minimum Gasteiger partial charge on any atom is -0.496 e. The van der Waals surface area contributed by atoms with Gasteiger partial charge in [0.15, 0.2) is 5.78 Å². The fraction of sp³-hybridized carbons (Fsp3) is 0.619. The zero-order valence-electron chi connectivity index (χ0n) is 17.0. The summed E-state index contributed by atoms with van der Waals surface area (Å²) < 4.78 is 15.8. The Morgan fingerprint density at radius 1 is 1.08 bits per heavy atom. The van der Waals surface area contributed by atoms with Gasteiger partial charge in [-0.15, -0.1) is 0 Å². The smallest absolute Gasteiger partial charge is 0.316 e. The predicted molar refractivity (Wildman–Crippen MR) is 102 cm³/mol. The second-order valence-corrected chi connectivity index (χ2v) is 7.81. The van der Waals surface area contributed by atoms with Crippen molar-refractivity contribution in [1.29, 1.82) is 0 Å². The molecule has 2 atom stereocenters. The van der Waals surface area contributed by atoms with Gasteiger partial charge in [-0.3, -0.25) is 9.59 Å². The van der Waals surface area contributed by atoms with E-state index in [1.165, 1.54) is 14.2 Å². The van der Waals surface area contributed by atoms with Crippen LogP contribution in [0.1, 0.15) is 57.8 Å². The van der Waals surface area contributed by atoms with Crippen LogP contribution in [0.3, 0.4) is 0 Å². The molecule has 0 aliphatic carbocycles. The van der Waals surface area contributed by atoms with Gasteiger partial charge >= 0.3 is 5.97 Å². The monoisotopic (exact) mass is 364 g/mol. The number of Topliss-reactive ketones (excluding diaryl/α,β-unsaturated/α-hetero) is 1. The van der Waals surface area contributed by atoms with Gasteiger partial charge in [0.2, 0.25) is 0 Å². The van der Waals surface area contributed by atoms with Crippen molar-refractivity contribution in [1.82, 2.24) is 0 Å². The van der Waals surface area contributed by atoms with Crippen molar-refractivity contribution in [3.05, 3.63) is 23.8 Å². The Morgan fingerprint density at radius 3 is 2.04 bits per heavy atom. The summed E-state index contributed by atoms with van der Waals surface area (Å²) in [6.45, 7) is 10.5. The summed E-state index contributed by atoms with van der Waals surface area (Å²) in [6, 6.07) is 5.13.